The molecule has 0 unspecified atom stereocenters. The maximum Gasteiger partial charge on any atom is 0.313 e. The summed E-state index contributed by atoms with van der Waals surface area (Å²) in [6, 6.07) is 43.0. The maximum atomic E-state index is 13.6. The van der Waals surface area contributed by atoms with Crippen LogP contribution in [0.15, 0.2) is 163 Å². The Bertz CT molecular complexity index is 5620. The molecule has 0 saturated heterocycles. The number of hydrogen-bond donors (Lipinski definition) is 5. The highest BCUT2D eigenvalue weighted by Crippen LogP contribution is 2.39. The third-order valence-electron chi connectivity index (χ3n) is 18.0. The summed E-state index contributed by atoms with van der Waals surface area (Å²) in [5.74, 6) is 0.0984. The fraction of sp³-hybridized carbons (Fsp3) is 0.281. The van der Waals surface area contributed by atoms with Crippen LogP contribution >= 0.6 is 181 Å². The predicted octanol–water partition coefficient (Wildman–Crippen LogP) is 20.6. The Morgan fingerprint density at radius 1 is 0.367 bits per heavy atom. The van der Waals surface area contributed by atoms with Crippen LogP contribution in [0.25, 0.3) is 43.9 Å². The van der Waals surface area contributed by atoms with E-state index in [1.165, 1.54) is 0 Å². The highest BCUT2D eigenvalue weighted by molar-refractivity contribution is 14.1. The van der Waals surface area contributed by atoms with Crippen LogP contribution in [0.5, 0.6) is 23.0 Å². The van der Waals surface area contributed by atoms with E-state index in [1.807, 2.05) is 97.0 Å². The normalized spacial score (nSPS) is 11.5. The van der Waals surface area contributed by atoms with Crippen molar-refractivity contribution in [2.75, 3.05) is 59.2 Å². The molecule has 31 heteroatoms. The van der Waals surface area contributed by atoms with Gasteiger partial charge < -0.3 is 72.7 Å². The smallest absolute Gasteiger partial charge is 0.313 e. The molecule has 2 atom stereocenters. The van der Waals surface area contributed by atoms with Gasteiger partial charge in [-0.2, -0.15) is 0 Å². The van der Waals surface area contributed by atoms with Crippen molar-refractivity contribution in [3.63, 3.8) is 0 Å². The number of halogens is 8. The number of carbonyl (C=O) groups excluding carboxylic acids is 6. The molecule has 0 fully saturated rings. The van der Waals surface area contributed by atoms with Gasteiger partial charge in [-0.25, -0.2) is 0 Å². The first-order valence-electron chi connectivity index (χ1n) is 38.2. The number of furan rings is 4. The Balaban J connectivity index is 0.000000182. The number of likely N-dealkylation sites (N-methyl/N-ethyl adjacent to an activating group) is 2. The van der Waals surface area contributed by atoms with Gasteiger partial charge in [0, 0.05) is 63.4 Å². The first-order valence-corrected chi connectivity index (χ1v) is 46.8. The maximum absolute atomic E-state index is 13.6. The van der Waals surface area contributed by atoms with Gasteiger partial charge in [0.2, 0.25) is 0 Å². The minimum atomic E-state index is -1.05. The molecule has 0 aliphatic heterocycles. The van der Waals surface area contributed by atoms with E-state index in [1.54, 1.807) is 97.1 Å². The lowest BCUT2D eigenvalue weighted by atomic mass is 9.99. The second kappa shape index (κ2) is 47.5. The van der Waals surface area contributed by atoms with Gasteiger partial charge in [0.1, 0.15) is 114 Å². The number of carboxylic acid groups (broad SMARTS) is 2. The molecule has 23 nitrogen and oxygen atoms in total. The highest BCUT2D eigenvalue weighted by Gasteiger charge is 2.31. The van der Waals surface area contributed by atoms with E-state index in [0.717, 1.165) is 84.8 Å². The Labute approximate surface area is 802 Å². The third kappa shape index (κ3) is 25.8. The number of benzene rings is 8. The van der Waals surface area contributed by atoms with Crippen molar-refractivity contribution in [3.05, 3.63) is 242 Å². The van der Waals surface area contributed by atoms with Gasteiger partial charge in [-0.3, -0.25) is 38.4 Å². The van der Waals surface area contributed by atoms with Crippen LogP contribution in [0.1, 0.15) is 154 Å². The van der Waals surface area contributed by atoms with Crippen molar-refractivity contribution >= 4 is 272 Å². The van der Waals surface area contributed by atoms with E-state index in [9.17, 15) is 48.6 Å². The molecule has 12 aromatic rings. The molecule has 12 rings (SSSR count). The Morgan fingerprint density at radius 2 is 0.608 bits per heavy atom. The molecule has 0 aliphatic carbocycles. The number of fused-ring (bicyclic) bond motifs is 4. The van der Waals surface area contributed by atoms with Crippen molar-refractivity contribution in [2.45, 2.75) is 106 Å². The molecule has 0 saturated carbocycles. The molecule has 0 radical (unpaired) electrons. The van der Waals surface area contributed by atoms with E-state index in [2.05, 4.69) is 191 Å². The summed E-state index contributed by atoms with van der Waals surface area (Å²) in [6.45, 7) is 19.4. The van der Waals surface area contributed by atoms with Gasteiger partial charge in [0.15, 0.2) is 23.1 Å². The number of nitrogens with two attached hydrogens (primary N) is 1. The standard InChI is InChI=1S/C25H27I2NO5.C23H23I2NO5.C21H19I2NO5.C20H16I2O5/c1-4-15(3)32-22(29)14-21-23(17-8-6-7-9-20(17)33-21)24(30)16-12-18(26)25(19(27)13-16)31-11-10-28-5-2;1-3-13(2)30-20(27)12-19-21(15-6-4-5-7-18(15)31-19)22(28)14-10-16(24)23(17(25)11-14)29-9-8-26;1-2-24-7-8-28-21-14(22)9-12(10-15(21)23)20(27)19-13-5-3-4-6-16(13)29-17(19)11-18(25)26;1-2-7-26-20-13(21)8-11(9-14(20)22)19(25)18-12-5-3-4-6-15(12)27-16(18)10-17(23)24/h6-9,12-13,15,28H,4-5,10-11,14H2,1-3H3;4-7,10-11,13H,3,8-9,12,26H2,1-2H3;3-6,9-10,24H,2,7-8,11H2,1H3,(H,25,26);3-6,8-9H,2,7,10H2,1H3,(H,23,24)/t15-;13-;;/m00../s1. The number of ketones is 4. The lowest BCUT2D eigenvalue weighted by Crippen LogP contribution is -2.20. The van der Waals surface area contributed by atoms with Gasteiger partial charge in [-0.05, 0) is 300 Å². The summed E-state index contributed by atoms with van der Waals surface area (Å²) in [5, 5.41) is 27.4. The average molecular weight is 2530 g/mol. The summed E-state index contributed by atoms with van der Waals surface area (Å²) in [7, 11) is 0. The number of nitrogens with one attached hydrogen (secondary N) is 2. The van der Waals surface area contributed by atoms with Crippen LogP contribution in [-0.4, -0.2) is 129 Å². The summed E-state index contributed by atoms with van der Waals surface area (Å²) in [6.07, 6.45) is 1.05. The second-order valence-corrected chi connectivity index (χ2v) is 36.1. The van der Waals surface area contributed by atoms with Gasteiger partial charge in [0.25, 0.3) is 0 Å². The van der Waals surface area contributed by atoms with E-state index in [4.69, 9.17) is 51.8 Å². The summed E-state index contributed by atoms with van der Waals surface area (Å²) in [5.41, 5.74) is 11.0. The number of hydrogen-bond acceptors (Lipinski definition) is 21. The van der Waals surface area contributed by atoms with Gasteiger partial charge in [-0.1, -0.05) is 107 Å². The molecule has 0 aliphatic rings. The van der Waals surface area contributed by atoms with Crippen molar-refractivity contribution in [2.24, 2.45) is 5.73 Å². The van der Waals surface area contributed by atoms with Crippen LogP contribution in [0, 0.1) is 28.6 Å². The molecular formula is C89H85I8N3O20. The minimum Gasteiger partial charge on any atom is -0.491 e. The van der Waals surface area contributed by atoms with Crippen molar-refractivity contribution in [1.82, 2.24) is 10.6 Å². The largest absolute Gasteiger partial charge is 0.491 e. The summed E-state index contributed by atoms with van der Waals surface area (Å²) >= 11 is 17.3. The van der Waals surface area contributed by atoms with Gasteiger partial charge >= 0.3 is 23.9 Å². The number of para-hydroxylation sites is 4. The molecular weight excluding hydrogens is 2450 g/mol. The van der Waals surface area contributed by atoms with Crippen LogP contribution in [0.3, 0.4) is 0 Å². The zero-order valence-corrected chi connectivity index (χ0v) is 83.4. The highest BCUT2D eigenvalue weighted by atomic mass is 127. The molecule has 120 heavy (non-hydrogen) atoms. The van der Waals surface area contributed by atoms with Crippen molar-refractivity contribution in [1.29, 1.82) is 0 Å². The summed E-state index contributed by atoms with van der Waals surface area (Å²) in [4.78, 5) is 101. The van der Waals surface area contributed by atoms with Gasteiger partial charge in [0.05, 0.1) is 69.6 Å². The molecule has 4 heterocycles. The predicted molar refractivity (Wildman–Crippen MR) is 526 cm³/mol. The fourth-order valence-corrected chi connectivity index (χ4v) is 20.5. The fourth-order valence-electron chi connectivity index (χ4n) is 12.2. The Hall–Kier alpha value is -6.60. The average Bonchev–Trinajstić information content (AvgIpc) is 1.64. The van der Waals surface area contributed by atoms with Crippen LogP contribution in [0.2, 0.25) is 0 Å². The monoisotopic (exact) mass is 2530 g/mol. The topological polar surface area (TPSA) is 335 Å². The number of ether oxygens (including phenoxy) is 6. The van der Waals surface area contributed by atoms with Gasteiger partial charge in [-0.15, -0.1) is 0 Å². The molecule has 0 bridgehead atoms. The quantitative estimate of drug-likeness (QED) is 0.0105. The molecule has 632 valence electrons. The first kappa shape index (κ1) is 97.2. The summed E-state index contributed by atoms with van der Waals surface area (Å²) < 4.78 is 63.9. The van der Waals surface area contributed by atoms with Crippen LogP contribution < -0.4 is 35.3 Å². The van der Waals surface area contributed by atoms with E-state index in [0.29, 0.717) is 145 Å². The lowest BCUT2D eigenvalue weighted by Gasteiger charge is -2.13. The number of esters is 2. The van der Waals surface area contributed by atoms with Crippen molar-refractivity contribution < 1.29 is 94.7 Å². The van der Waals surface area contributed by atoms with Crippen LogP contribution in [0.4, 0.5) is 0 Å². The van der Waals surface area contributed by atoms with Crippen LogP contribution in [-0.2, 0) is 54.3 Å². The van der Waals surface area contributed by atoms with Crippen molar-refractivity contribution in [3.8, 4) is 23.0 Å². The molecule has 0 amide bonds. The van der Waals surface area contributed by atoms with E-state index < -0.39 is 23.9 Å². The van der Waals surface area contributed by atoms with E-state index >= 15 is 0 Å². The first-order chi connectivity index (χ1) is 57.5. The molecule has 8 aromatic carbocycles. The molecule has 6 N–H and O–H groups in total. The molecule has 4 aromatic heterocycles. The Kier molecular flexibility index (Phi) is 38.5. The zero-order valence-electron chi connectivity index (χ0n) is 66.2. The Morgan fingerprint density at radius 3 is 0.842 bits per heavy atom. The van der Waals surface area contributed by atoms with E-state index in [-0.39, 0.29) is 72.5 Å². The number of rotatable bonds is 36. The number of carboxylic acids is 2. The molecule has 0 spiro atoms. The zero-order chi connectivity index (χ0) is 87.0. The minimum absolute atomic E-state index is 0.0973. The number of aliphatic carboxylic acids is 2. The lowest BCUT2D eigenvalue weighted by molar-refractivity contribution is -0.148. The second-order valence-electron chi connectivity index (χ2n) is 26.8. The third-order valence-corrected chi connectivity index (χ3v) is 24.4. The number of carbonyl (C=O) groups is 8. The SMILES string of the molecule is CCCOc1c(I)cc(C(=O)c2c(CC(=O)O)oc3ccccc23)cc1I.CCNCCOc1c(I)cc(C(=O)c2c(CC(=O)O)oc3ccccc23)cc1I.CCNCCOc1c(I)cc(C(=O)c2c(CC(=O)O[C@@H](C)CC)oc3ccccc23)cc1I.CC[C@H](C)OC(=O)Cc1oc2ccccc2c1C(=O)c1cc(I)c(OCCN)c(I)c1.